The van der Waals surface area contributed by atoms with Gasteiger partial charge in [0.1, 0.15) is 5.52 Å². The van der Waals surface area contributed by atoms with Crippen LogP contribution in [-0.2, 0) is 0 Å². The first-order chi connectivity index (χ1) is 6.09. The van der Waals surface area contributed by atoms with Gasteiger partial charge in [0.05, 0.1) is 15.7 Å². The third kappa shape index (κ3) is 1.18. The van der Waals surface area contributed by atoms with Crippen molar-refractivity contribution in [1.29, 1.82) is 0 Å². The van der Waals surface area contributed by atoms with Crippen LogP contribution in [-0.4, -0.2) is 4.98 Å². The van der Waals surface area contributed by atoms with E-state index in [-0.39, 0.29) is 15.7 Å². The van der Waals surface area contributed by atoms with Gasteiger partial charge in [-0.05, 0) is 0 Å². The van der Waals surface area contributed by atoms with Crippen LogP contribution in [0.25, 0.3) is 11.1 Å². The highest BCUT2D eigenvalue weighted by molar-refractivity contribution is 6.42. The van der Waals surface area contributed by atoms with Gasteiger partial charge in [0.25, 0.3) is 0 Å². The molecule has 0 atom stereocenters. The molecule has 0 unspecified atom stereocenters. The predicted octanol–water partition coefficient (Wildman–Crippen LogP) is 2.01. The zero-order valence-corrected chi connectivity index (χ0v) is 7.74. The number of halogens is 2. The summed E-state index contributed by atoms with van der Waals surface area (Å²) in [6, 6.07) is 1.44. The molecule has 1 aromatic heterocycles. The minimum Gasteiger partial charge on any atom is -0.408 e. The first-order valence-corrected chi connectivity index (χ1v) is 4.11. The first-order valence-electron chi connectivity index (χ1n) is 3.36. The molecular formula is C7H4Cl2N2O2. The van der Waals surface area contributed by atoms with Crippen LogP contribution >= 0.6 is 23.2 Å². The van der Waals surface area contributed by atoms with Crippen molar-refractivity contribution in [3.8, 4) is 0 Å². The number of hydrogen-bond acceptors (Lipinski definition) is 3. The van der Waals surface area contributed by atoms with Crippen molar-refractivity contribution in [3.63, 3.8) is 0 Å². The Balaban J connectivity index is 3.00. The molecule has 0 spiro atoms. The number of hydrogen-bond donors (Lipinski definition) is 2. The number of nitrogens with one attached hydrogen (secondary N) is 1. The van der Waals surface area contributed by atoms with Crippen LogP contribution in [0.3, 0.4) is 0 Å². The quantitative estimate of drug-likeness (QED) is 0.665. The molecule has 2 aromatic rings. The average molecular weight is 219 g/mol. The number of nitrogen functional groups attached to an aromatic ring is 1. The SMILES string of the molecule is Nc1c(Cl)cc2oc(=O)[nH]c2c1Cl. The van der Waals surface area contributed by atoms with E-state index in [4.69, 9.17) is 33.4 Å². The summed E-state index contributed by atoms with van der Waals surface area (Å²) in [4.78, 5) is 13.2. The van der Waals surface area contributed by atoms with Gasteiger partial charge in [-0.25, -0.2) is 4.79 Å². The van der Waals surface area contributed by atoms with E-state index in [1.54, 1.807) is 0 Å². The number of aromatic nitrogens is 1. The summed E-state index contributed by atoms with van der Waals surface area (Å²) in [5.74, 6) is -0.585. The standard InChI is InChI=1S/C7H4Cl2N2O2/c8-2-1-3-6(4(9)5(2)10)11-7(12)13-3/h1H,10H2,(H,11,12). The molecule has 0 aliphatic heterocycles. The fraction of sp³-hybridized carbons (Fsp3) is 0. The number of nitrogens with two attached hydrogens (primary N) is 1. The van der Waals surface area contributed by atoms with Gasteiger partial charge in [-0.1, -0.05) is 23.2 Å². The molecule has 1 heterocycles. The third-order valence-corrected chi connectivity index (χ3v) is 2.35. The molecule has 0 aliphatic rings. The van der Waals surface area contributed by atoms with Gasteiger partial charge in [-0.3, -0.25) is 4.98 Å². The van der Waals surface area contributed by atoms with Gasteiger partial charge in [0.15, 0.2) is 5.58 Å². The minimum absolute atomic E-state index is 0.202. The lowest BCUT2D eigenvalue weighted by Crippen LogP contribution is -1.93. The van der Waals surface area contributed by atoms with E-state index in [2.05, 4.69) is 4.98 Å². The third-order valence-electron chi connectivity index (χ3n) is 1.65. The van der Waals surface area contributed by atoms with E-state index >= 15 is 0 Å². The van der Waals surface area contributed by atoms with Crippen molar-refractivity contribution in [2.24, 2.45) is 0 Å². The molecule has 68 valence electrons. The molecule has 0 saturated carbocycles. The second kappa shape index (κ2) is 2.68. The molecule has 0 radical (unpaired) electrons. The molecule has 1 aromatic carbocycles. The maximum atomic E-state index is 10.8. The summed E-state index contributed by atoms with van der Waals surface area (Å²) in [5.41, 5.74) is 6.43. The van der Waals surface area contributed by atoms with E-state index in [9.17, 15) is 4.79 Å². The normalized spacial score (nSPS) is 10.9. The second-order valence-electron chi connectivity index (χ2n) is 2.47. The summed E-state index contributed by atoms with van der Waals surface area (Å²) < 4.78 is 4.75. The smallest absolute Gasteiger partial charge is 0.408 e. The highest BCUT2D eigenvalue weighted by atomic mass is 35.5. The van der Waals surface area contributed by atoms with Gasteiger partial charge < -0.3 is 10.2 Å². The van der Waals surface area contributed by atoms with E-state index in [0.29, 0.717) is 11.1 Å². The number of benzene rings is 1. The highest BCUT2D eigenvalue weighted by Crippen LogP contribution is 2.33. The highest BCUT2D eigenvalue weighted by Gasteiger charge is 2.11. The number of anilines is 1. The molecule has 6 heteroatoms. The summed E-state index contributed by atoms with van der Waals surface area (Å²) >= 11 is 11.5. The maximum absolute atomic E-state index is 10.8. The van der Waals surface area contributed by atoms with Gasteiger partial charge >= 0.3 is 5.76 Å². The molecule has 3 N–H and O–H groups in total. The zero-order chi connectivity index (χ0) is 9.59. The molecule has 13 heavy (non-hydrogen) atoms. The number of oxazole rings is 1. The number of fused-ring (bicyclic) bond motifs is 1. The molecular weight excluding hydrogens is 215 g/mol. The van der Waals surface area contributed by atoms with Gasteiger partial charge in [0, 0.05) is 6.07 Å². The van der Waals surface area contributed by atoms with Crippen LogP contribution in [0.4, 0.5) is 5.69 Å². The molecule has 4 nitrogen and oxygen atoms in total. The Morgan fingerprint density at radius 3 is 2.85 bits per heavy atom. The van der Waals surface area contributed by atoms with E-state index in [1.165, 1.54) is 6.07 Å². The zero-order valence-electron chi connectivity index (χ0n) is 6.23. The first kappa shape index (κ1) is 8.47. The van der Waals surface area contributed by atoms with Crippen LogP contribution < -0.4 is 11.5 Å². The largest absolute Gasteiger partial charge is 0.417 e. The van der Waals surface area contributed by atoms with Gasteiger partial charge in [0.2, 0.25) is 0 Å². The van der Waals surface area contributed by atoms with Crippen molar-refractivity contribution in [2.45, 2.75) is 0 Å². The number of rotatable bonds is 0. The molecule has 0 fully saturated rings. The molecule has 0 saturated heterocycles. The lowest BCUT2D eigenvalue weighted by molar-refractivity contribution is 0.555. The lowest BCUT2D eigenvalue weighted by atomic mass is 10.3. The topological polar surface area (TPSA) is 72.0 Å². The average Bonchev–Trinajstić information content (AvgIpc) is 2.42. The Hall–Kier alpha value is -1.13. The minimum atomic E-state index is -0.585. The monoisotopic (exact) mass is 218 g/mol. The van der Waals surface area contributed by atoms with Gasteiger partial charge in [-0.2, -0.15) is 0 Å². The van der Waals surface area contributed by atoms with Crippen molar-refractivity contribution in [1.82, 2.24) is 4.98 Å². The Kier molecular flexibility index (Phi) is 1.75. The van der Waals surface area contributed by atoms with E-state index in [1.807, 2.05) is 0 Å². The lowest BCUT2D eigenvalue weighted by Gasteiger charge is -1.99. The van der Waals surface area contributed by atoms with Crippen LogP contribution in [0.15, 0.2) is 15.3 Å². The summed E-state index contributed by atoms with van der Waals surface area (Å²) in [7, 11) is 0. The molecule has 0 aliphatic carbocycles. The van der Waals surface area contributed by atoms with Crippen molar-refractivity contribution >= 4 is 40.0 Å². The fourth-order valence-corrected chi connectivity index (χ4v) is 1.52. The summed E-state index contributed by atoms with van der Waals surface area (Å²) in [5, 5.41) is 0.466. The maximum Gasteiger partial charge on any atom is 0.417 e. The van der Waals surface area contributed by atoms with Crippen LogP contribution in [0.2, 0.25) is 10.0 Å². The van der Waals surface area contributed by atoms with Crippen LogP contribution in [0.5, 0.6) is 0 Å². The van der Waals surface area contributed by atoms with E-state index < -0.39 is 5.76 Å². The fourth-order valence-electron chi connectivity index (χ4n) is 1.04. The summed E-state index contributed by atoms with van der Waals surface area (Å²) in [6.07, 6.45) is 0. The van der Waals surface area contributed by atoms with Crippen LogP contribution in [0.1, 0.15) is 0 Å². The number of aromatic amines is 1. The van der Waals surface area contributed by atoms with Gasteiger partial charge in [-0.15, -0.1) is 0 Å². The van der Waals surface area contributed by atoms with Crippen molar-refractivity contribution < 1.29 is 4.42 Å². The number of H-pyrrole nitrogens is 1. The molecule has 0 amide bonds. The van der Waals surface area contributed by atoms with Crippen LogP contribution in [0, 0.1) is 0 Å². The summed E-state index contributed by atoms with van der Waals surface area (Å²) in [6.45, 7) is 0. The molecule has 0 bridgehead atoms. The predicted molar refractivity (Wildman–Crippen MR) is 51.3 cm³/mol. The Bertz CT molecular complexity index is 529. The second-order valence-corrected chi connectivity index (χ2v) is 3.26. The Labute approximate surface area is 82.2 Å². The molecule has 2 rings (SSSR count). The van der Waals surface area contributed by atoms with E-state index in [0.717, 1.165) is 0 Å². The Morgan fingerprint density at radius 1 is 1.46 bits per heavy atom. The van der Waals surface area contributed by atoms with Crippen molar-refractivity contribution in [2.75, 3.05) is 5.73 Å². The Morgan fingerprint density at radius 2 is 2.15 bits per heavy atom. The van der Waals surface area contributed by atoms with Crippen molar-refractivity contribution in [3.05, 3.63) is 26.7 Å².